The zero-order chi connectivity index (χ0) is 30.4. The SMILES string of the molecule is COc1c(N2CCN(Cc3ccc(-n4c(-c5cccnc5N)nc5ncc(-c6ccc(F)cn6)nc54)cc3)CC2)c(=O)c1=O. The Hall–Kier alpha value is -5.56. The molecule has 5 heterocycles. The van der Waals surface area contributed by atoms with Crippen molar-refractivity contribution in [3.8, 4) is 34.2 Å². The lowest BCUT2D eigenvalue weighted by Gasteiger charge is -2.36. The zero-order valence-corrected chi connectivity index (χ0v) is 23.6. The monoisotopic (exact) mass is 591 g/mol. The highest BCUT2D eigenvalue weighted by Crippen LogP contribution is 2.31. The van der Waals surface area contributed by atoms with Gasteiger partial charge in [-0.3, -0.25) is 24.0 Å². The van der Waals surface area contributed by atoms with Crippen LogP contribution in [0.15, 0.2) is 76.7 Å². The molecule has 6 aromatic rings. The number of hydrogen-bond acceptors (Lipinski definition) is 11. The first-order chi connectivity index (χ1) is 21.4. The molecule has 1 fully saturated rings. The van der Waals surface area contributed by atoms with Crippen LogP contribution in [0.1, 0.15) is 5.56 Å². The molecule has 12 nitrogen and oxygen atoms in total. The molecule has 1 aliphatic heterocycles. The van der Waals surface area contributed by atoms with Crippen LogP contribution in [0.4, 0.5) is 15.9 Å². The Balaban J connectivity index is 1.18. The van der Waals surface area contributed by atoms with Crippen LogP contribution in [-0.4, -0.2) is 67.7 Å². The van der Waals surface area contributed by atoms with E-state index in [1.165, 1.54) is 13.2 Å². The van der Waals surface area contributed by atoms with Gasteiger partial charge in [0.15, 0.2) is 22.9 Å². The van der Waals surface area contributed by atoms with Crippen molar-refractivity contribution in [1.82, 2.24) is 34.4 Å². The summed E-state index contributed by atoms with van der Waals surface area (Å²) < 4.78 is 20.5. The summed E-state index contributed by atoms with van der Waals surface area (Å²) in [7, 11) is 1.41. The zero-order valence-electron chi connectivity index (χ0n) is 23.6. The smallest absolute Gasteiger partial charge is 0.272 e. The van der Waals surface area contributed by atoms with Crippen molar-refractivity contribution in [3.63, 3.8) is 0 Å². The lowest BCUT2D eigenvalue weighted by atomic mass is 10.1. The number of methoxy groups -OCH3 is 1. The van der Waals surface area contributed by atoms with Gasteiger partial charge in [0.05, 0.1) is 30.8 Å². The third kappa shape index (κ3) is 4.72. The van der Waals surface area contributed by atoms with E-state index >= 15 is 0 Å². The number of hydrogen-bond donors (Lipinski definition) is 1. The molecule has 0 amide bonds. The molecule has 0 aliphatic carbocycles. The average molecular weight is 592 g/mol. The number of ether oxygens (including phenoxy) is 1. The van der Waals surface area contributed by atoms with E-state index in [1.807, 2.05) is 39.8 Å². The molecule has 0 radical (unpaired) electrons. The molecule has 0 spiro atoms. The third-order valence-electron chi connectivity index (χ3n) is 7.78. The predicted octanol–water partition coefficient (Wildman–Crippen LogP) is 2.59. The largest absolute Gasteiger partial charge is 0.491 e. The van der Waals surface area contributed by atoms with Gasteiger partial charge in [-0.15, -0.1) is 0 Å². The molecule has 4 aromatic heterocycles. The lowest BCUT2D eigenvalue weighted by Crippen LogP contribution is -2.50. The summed E-state index contributed by atoms with van der Waals surface area (Å²) in [5.41, 5.74) is 9.99. The van der Waals surface area contributed by atoms with Crippen molar-refractivity contribution in [2.24, 2.45) is 0 Å². The number of piperazine rings is 1. The van der Waals surface area contributed by atoms with Gasteiger partial charge in [-0.2, -0.15) is 0 Å². The molecular weight excluding hydrogens is 565 g/mol. The molecule has 7 rings (SSSR count). The number of rotatable bonds is 7. The number of imidazole rings is 1. The molecule has 0 unspecified atom stereocenters. The van der Waals surface area contributed by atoms with Gasteiger partial charge in [0, 0.05) is 44.6 Å². The van der Waals surface area contributed by atoms with Crippen LogP contribution < -0.4 is 26.2 Å². The minimum Gasteiger partial charge on any atom is -0.491 e. The number of nitrogen functional groups attached to an aromatic ring is 1. The van der Waals surface area contributed by atoms with Gasteiger partial charge in [-0.25, -0.2) is 24.3 Å². The lowest BCUT2D eigenvalue weighted by molar-refractivity contribution is 0.248. The Morgan fingerprint density at radius 3 is 2.39 bits per heavy atom. The summed E-state index contributed by atoms with van der Waals surface area (Å²) in [5, 5.41) is 0. The maximum Gasteiger partial charge on any atom is 0.272 e. The second-order valence-corrected chi connectivity index (χ2v) is 10.4. The van der Waals surface area contributed by atoms with Gasteiger partial charge in [0.25, 0.3) is 10.9 Å². The minimum atomic E-state index is -0.556. The average Bonchev–Trinajstić information content (AvgIpc) is 3.43. The van der Waals surface area contributed by atoms with Crippen LogP contribution in [0.5, 0.6) is 5.75 Å². The molecule has 13 heteroatoms. The fraction of sp³-hybridized carbons (Fsp3) is 0.194. The molecule has 44 heavy (non-hydrogen) atoms. The number of fused-ring (bicyclic) bond motifs is 1. The van der Waals surface area contributed by atoms with Crippen molar-refractivity contribution in [3.05, 3.63) is 98.9 Å². The number of nitrogens with zero attached hydrogens (tertiary/aromatic N) is 8. The van der Waals surface area contributed by atoms with Crippen molar-refractivity contribution in [1.29, 1.82) is 0 Å². The second kappa shape index (κ2) is 10.9. The van der Waals surface area contributed by atoms with Crippen LogP contribution in [0, 0.1) is 5.82 Å². The van der Waals surface area contributed by atoms with Crippen molar-refractivity contribution in [2.75, 3.05) is 43.9 Å². The Kier molecular flexibility index (Phi) is 6.78. The van der Waals surface area contributed by atoms with Crippen LogP contribution >= 0.6 is 0 Å². The molecular formula is C31H26FN9O3. The number of pyridine rings is 2. The van der Waals surface area contributed by atoms with Crippen LogP contribution in [-0.2, 0) is 6.54 Å². The molecule has 1 saturated heterocycles. The standard InChI is InChI=1S/C31H26FN9O3/c1-44-27-24(25(42)26(27)43)40-13-11-39(12-14-40)17-18-4-7-20(8-5-18)41-30(21-3-2-10-34-28(21)33)38-29-31(41)37-23(16-36-29)22-9-6-19(32)15-35-22/h2-10,15-16H,11-14,17H2,1H3,(H2,33,34). The minimum absolute atomic E-state index is 0.157. The summed E-state index contributed by atoms with van der Waals surface area (Å²) in [5.74, 6) is 0.574. The van der Waals surface area contributed by atoms with Crippen molar-refractivity contribution >= 4 is 22.8 Å². The topological polar surface area (TPSA) is 145 Å². The van der Waals surface area contributed by atoms with E-state index in [1.54, 1.807) is 24.5 Å². The second-order valence-electron chi connectivity index (χ2n) is 10.4. The third-order valence-corrected chi connectivity index (χ3v) is 7.78. The van der Waals surface area contributed by atoms with Crippen LogP contribution in [0.25, 0.3) is 39.8 Å². The molecule has 2 N–H and O–H groups in total. The van der Waals surface area contributed by atoms with E-state index in [0.717, 1.165) is 30.5 Å². The fourth-order valence-electron chi connectivity index (χ4n) is 5.51. The van der Waals surface area contributed by atoms with E-state index in [4.69, 9.17) is 20.4 Å². The first-order valence-corrected chi connectivity index (χ1v) is 13.9. The first-order valence-electron chi connectivity index (χ1n) is 13.9. The fourth-order valence-corrected chi connectivity index (χ4v) is 5.51. The molecule has 1 aliphatic rings. The maximum atomic E-state index is 13.5. The maximum absolute atomic E-state index is 13.5. The highest BCUT2D eigenvalue weighted by molar-refractivity contribution is 5.81. The van der Waals surface area contributed by atoms with Crippen LogP contribution in [0.3, 0.4) is 0 Å². The van der Waals surface area contributed by atoms with Crippen molar-refractivity contribution in [2.45, 2.75) is 6.54 Å². The van der Waals surface area contributed by atoms with Crippen molar-refractivity contribution < 1.29 is 9.13 Å². The highest BCUT2D eigenvalue weighted by Gasteiger charge is 2.29. The number of aromatic nitrogens is 6. The summed E-state index contributed by atoms with van der Waals surface area (Å²) >= 11 is 0. The van der Waals surface area contributed by atoms with Gasteiger partial charge in [-0.1, -0.05) is 12.1 Å². The summed E-state index contributed by atoms with van der Waals surface area (Å²) in [6, 6.07) is 14.6. The number of anilines is 2. The number of nitrogens with two attached hydrogens (primary N) is 1. The van der Waals surface area contributed by atoms with Crippen LogP contribution in [0.2, 0.25) is 0 Å². The summed E-state index contributed by atoms with van der Waals surface area (Å²) in [6.45, 7) is 3.43. The highest BCUT2D eigenvalue weighted by atomic mass is 19.1. The van der Waals surface area contributed by atoms with Gasteiger partial charge in [0.1, 0.15) is 23.0 Å². The molecule has 220 valence electrons. The molecule has 2 aromatic carbocycles. The van der Waals surface area contributed by atoms with Gasteiger partial charge in [-0.05, 0) is 42.0 Å². The van der Waals surface area contributed by atoms with E-state index in [9.17, 15) is 14.0 Å². The van der Waals surface area contributed by atoms with E-state index in [2.05, 4.69) is 19.9 Å². The Morgan fingerprint density at radius 2 is 1.68 bits per heavy atom. The van der Waals surface area contributed by atoms with Gasteiger partial charge >= 0.3 is 0 Å². The van der Waals surface area contributed by atoms with E-state index in [0.29, 0.717) is 65.2 Å². The molecule has 0 bridgehead atoms. The number of halogens is 1. The number of benzene rings is 1. The summed E-state index contributed by atoms with van der Waals surface area (Å²) in [4.78, 5) is 50.5. The normalized spacial score (nSPS) is 14.0. The Bertz CT molecular complexity index is 2060. The van der Waals surface area contributed by atoms with Gasteiger partial charge < -0.3 is 15.4 Å². The van der Waals surface area contributed by atoms with E-state index in [-0.39, 0.29) is 5.75 Å². The summed E-state index contributed by atoms with van der Waals surface area (Å²) in [6.07, 6.45) is 4.32. The molecule has 0 atom stereocenters. The first kappa shape index (κ1) is 27.3. The van der Waals surface area contributed by atoms with E-state index < -0.39 is 16.7 Å². The quantitative estimate of drug-likeness (QED) is 0.274. The molecule has 0 saturated carbocycles. The predicted molar refractivity (Wildman–Crippen MR) is 163 cm³/mol. The Morgan fingerprint density at radius 1 is 0.886 bits per heavy atom. The Labute approximate surface area is 249 Å². The van der Waals surface area contributed by atoms with Gasteiger partial charge in [0.2, 0.25) is 0 Å².